The molecule has 0 aliphatic carbocycles. The minimum atomic E-state index is 0.187. The molecule has 122 valence electrons. The third-order valence-electron chi connectivity index (χ3n) is 4.36. The molecular formula is C20H37N. The maximum atomic E-state index is 6.03. The fourth-order valence-electron chi connectivity index (χ4n) is 3.49. The van der Waals surface area contributed by atoms with Gasteiger partial charge in [0.15, 0.2) is 0 Å². The van der Waals surface area contributed by atoms with Gasteiger partial charge in [0.05, 0.1) is 0 Å². The number of hydrogen-bond acceptors (Lipinski definition) is 1. The Morgan fingerprint density at radius 2 is 1.48 bits per heavy atom. The van der Waals surface area contributed by atoms with E-state index in [1.807, 2.05) is 6.92 Å². The van der Waals surface area contributed by atoms with Crippen LogP contribution in [0.15, 0.2) is 34.1 Å². The topological polar surface area (TPSA) is 26.0 Å². The summed E-state index contributed by atoms with van der Waals surface area (Å²) in [6.07, 6.45) is 3.50. The molecule has 2 N–H and O–H groups in total. The van der Waals surface area contributed by atoms with Gasteiger partial charge in [-0.25, -0.2) is 0 Å². The lowest BCUT2D eigenvalue weighted by molar-refractivity contribution is 0.343. The molecule has 0 bridgehead atoms. The van der Waals surface area contributed by atoms with Crippen molar-refractivity contribution in [3.63, 3.8) is 0 Å². The van der Waals surface area contributed by atoms with E-state index in [0.29, 0.717) is 11.8 Å². The highest BCUT2D eigenvalue weighted by Crippen LogP contribution is 2.42. The Morgan fingerprint density at radius 3 is 1.76 bits per heavy atom. The van der Waals surface area contributed by atoms with Gasteiger partial charge >= 0.3 is 0 Å². The Kier molecular flexibility index (Phi) is 7.50. The van der Waals surface area contributed by atoms with Crippen LogP contribution in [0.3, 0.4) is 0 Å². The molecule has 0 aliphatic heterocycles. The van der Waals surface area contributed by atoms with Crippen molar-refractivity contribution in [2.75, 3.05) is 0 Å². The number of hydrogen-bond donors (Lipinski definition) is 1. The van der Waals surface area contributed by atoms with E-state index in [1.54, 1.807) is 0 Å². The summed E-state index contributed by atoms with van der Waals surface area (Å²) >= 11 is 0. The predicted molar refractivity (Wildman–Crippen MR) is 97.1 cm³/mol. The summed E-state index contributed by atoms with van der Waals surface area (Å²) in [5.41, 5.74) is 12.6. The van der Waals surface area contributed by atoms with Crippen molar-refractivity contribution in [3.8, 4) is 0 Å². The Hall–Kier alpha value is -0.980. The first-order valence-corrected chi connectivity index (χ1v) is 8.26. The van der Waals surface area contributed by atoms with Gasteiger partial charge in [-0.3, -0.25) is 0 Å². The number of allylic oxidation sites excluding steroid dienone is 6. The van der Waals surface area contributed by atoms with E-state index >= 15 is 0 Å². The van der Waals surface area contributed by atoms with Gasteiger partial charge in [0.1, 0.15) is 0 Å². The molecule has 0 saturated carbocycles. The third-order valence-corrected chi connectivity index (χ3v) is 4.36. The second-order valence-corrected chi connectivity index (χ2v) is 7.69. The van der Waals surface area contributed by atoms with E-state index in [4.69, 9.17) is 5.73 Å². The zero-order valence-electron chi connectivity index (χ0n) is 16.0. The van der Waals surface area contributed by atoms with Crippen molar-refractivity contribution in [1.82, 2.24) is 0 Å². The molecule has 0 atom stereocenters. The van der Waals surface area contributed by atoms with Gasteiger partial charge in [0, 0.05) is 5.70 Å². The van der Waals surface area contributed by atoms with E-state index in [1.165, 1.54) is 28.7 Å². The monoisotopic (exact) mass is 291 g/mol. The number of nitrogens with two attached hydrogens (primary N) is 1. The minimum Gasteiger partial charge on any atom is -0.402 e. The highest BCUT2D eigenvalue weighted by Gasteiger charge is 2.28. The first kappa shape index (κ1) is 20.0. The molecule has 0 aliphatic rings. The lowest BCUT2D eigenvalue weighted by Gasteiger charge is -2.34. The molecule has 0 spiro atoms. The lowest BCUT2D eigenvalue weighted by Crippen LogP contribution is -2.22. The Labute approximate surface area is 133 Å². The maximum absolute atomic E-state index is 6.03. The van der Waals surface area contributed by atoms with E-state index in [2.05, 4.69) is 68.4 Å². The molecule has 0 aromatic heterocycles. The van der Waals surface area contributed by atoms with Crippen LogP contribution in [0, 0.1) is 17.3 Å². The molecule has 0 amide bonds. The van der Waals surface area contributed by atoms with Crippen LogP contribution in [0.5, 0.6) is 0 Å². The molecule has 0 heterocycles. The van der Waals surface area contributed by atoms with E-state index < -0.39 is 0 Å². The molecule has 0 unspecified atom stereocenters. The van der Waals surface area contributed by atoms with Crippen molar-refractivity contribution in [2.45, 2.75) is 75.7 Å². The third kappa shape index (κ3) is 5.37. The van der Waals surface area contributed by atoms with Crippen molar-refractivity contribution in [3.05, 3.63) is 34.1 Å². The molecule has 0 aromatic rings. The van der Waals surface area contributed by atoms with Crippen molar-refractivity contribution < 1.29 is 0 Å². The predicted octanol–water partition coefficient (Wildman–Crippen LogP) is 6.23. The average Bonchev–Trinajstić information content (AvgIpc) is 2.31. The highest BCUT2D eigenvalue weighted by atomic mass is 14.6. The van der Waals surface area contributed by atoms with Crippen LogP contribution >= 0.6 is 0 Å². The molecule has 0 aromatic carbocycles. The summed E-state index contributed by atoms with van der Waals surface area (Å²) in [5.74, 6) is 1.19. The van der Waals surface area contributed by atoms with Crippen LogP contribution in [-0.2, 0) is 0 Å². The van der Waals surface area contributed by atoms with Crippen LogP contribution in [-0.4, -0.2) is 0 Å². The van der Waals surface area contributed by atoms with Crippen LogP contribution < -0.4 is 5.73 Å². The quantitative estimate of drug-likeness (QED) is 0.577. The molecular weight excluding hydrogens is 254 g/mol. The normalized spacial score (nSPS) is 16.3. The van der Waals surface area contributed by atoms with Gasteiger partial charge in [-0.1, -0.05) is 47.6 Å². The summed E-state index contributed by atoms with van der Waals surface area (Å²) < 4.78 is 0. The van der Waals surface area contributed by atoms with E-state index in [9.17, 15) is 0 Å². The second kappa shape index (κ2) is 7.87. The first-order chi connectivity index (χ1) is 9.45. The first-order valence-electron chi connectivity index (χ1n) is 8.26. The highest BCUT2D eigenvalue weighted by molar-refractivity contribution is 5.47. The zero-order valence-corrected chi connectivity index (χ0v) is 16.0. The van der Waals surface area contributed by atoms with Crippen molar-refractivity contribution in [2.24, 2.45) is 23.0 Å². The Morgan fingerprint density at radius 1 is 1.00 bits per heavy atom. The van der Waals surface area contributed by atoms with Gasteiger partial charge in [-0.05, 0) is 73.7 Å². The molecule has 1 nitrogen and oxygen atoms in total. The molecule has 0 rings (SSSR count). The molecule has 21 heavy (non-hydrogen) atoms. The standard InChI is InChI=1S/C20H37N/c1-11-18(20(9,10)12-13(2)3)19(14(4)5)16(7)15(6)17(8)21/h11,13-14H,12,21H2,1-10H3/b17-15+,18-11-,19-16-. The molecule has 1 heteroatoms. The van der Waals surface area contributed by atoms with Crippen LogP contribution in [0.4, 0.5) is 0 Å². The van der Waals surface area contributed by atoms with Crippen LogP contribution in [0.2, 0.25) is 0 Å². The summed E-state index contributed by atoms with van der Waals surface area (Å²) in [7, 11) is 0. The Balaban J connectivity index is 6.10. The van der Waals surface area contributed by atoms with Crippen LogP contribution in [0.25, 0.3) is 0 Å². The fraction of sp³-hybridized carbons (Fsp3) is 0.700. The zero-order chi connectivity index (χ0) is 17.0. The maximum Gasteiger partial charge on any atom is 0.00813 e. The largest absolute Gasteiger partial charge is 0.402 e. The van der Waals surface area contributed by atoms with Gasteiger partial charge < -0.3 is 5.73 Å². The second-order valence-electron chi connectivity index (χ2n) is 7.69. The summed E-state index contributed by atoms with van der Waals surface area (Å²) in [6, 6.07) is 0. The number of rotatable bonds is 6. The molecule has 0 saturated heterocycles. The molecule has 0 radical (unpaired) electrons. The van der Waals surface area contributed by atoms with Crippen molar-refractivity contribution in [1.29, 1.82) is 0 Å². The summed E-state index contributed by atoms with van der Waals surface area (Å²) in [4.78, 5) is 0. The lowest BCUT2D eigenvalue weighted by atomic mass is 9.70. The SMILES string of the molecule is C/C=C(/C(=C(C)\C(C)=C(/C)N)C(C)C)C(C)(C)CC(C)C. The van der Waals surface area contributed by atoms with Gasteiger partial charge in [0.25, 0.3) is 0 Å². The van der Waals surface area contributed by atoms with E-state index in [0.717, 1.165) is 5.70 Å². The molecule has 0 fully saturated rings. The fourth-order valence-corrected chi connectivity index (χ4v) is 3.49. The minimum absolute atomic E-state index is 0.187. The average molecular weight is 292 g/mol. The van der Waals surface area contributed by atoms with Gasteiger partial charge in [-0.2, -0.15) is 0 Å². The van der Waals surface area contributed by atoms with Crippen LogP contribution in [0.1, 0.15) is 75.7 Å². The van der Waals surface area contributed by atoms with Gasteiger partial charge in [0.2, 0.25) is 0 Å². The summed E-state index contributed by atoms with van der Waals surface area (Å²) in [5, 5.41) is 0. The van der Waals surface area contributed by atoms with Gasteiger partial charge in [-0.15, -0.1) is 0 Å². The van der Waals surface area contributed by atoms with E-state index in [-0.39, 0.29) is 5.41 Å². The smallest absolute Gasteiger partial charge is 0.00813 e. The Bertz CT molecular complexity index is 438. The summed E-state index contributed by atoms with van der Waals surface area (Å²) in [6.45, 7) is 22.4. The van der Waals surface area contributed by atoms with Crippen molar-refractivity contribution >= 4 is 0 Å².